The molecule has 2 heterocycles. The maximum absolute atomic E-state index is 13.2. The SMILES string of the molecule is Cc1ccc(CN(C)Cc2cc(=O)n3c(-c4ccc(F)cc4)csc3n2)cc1. The molecule has 0 unspecified atom stereocenters. The average Bonchev–Trinajstić information content (AvgIpc) is 3.09. The molecule has 0 saturated heterocycles. The van der Waals surface area contributed by atoms with Crippen LogP contribution in [0.1, 0.15) is 16.8 Å². The first-order valence-corrected chi connectivity index (χ1v) is 9.88. The van der Waals surface area contributed by atoms with Crippen LogP contribution < -0.4 is 5.56 Å². The monoisotopic (exact) mass is 393 g/mol. The number of thiazole rings is 1. The van der Waals surface area contributed by atoms with Gasteiger partial charge >= 0.3 is 0 Å². The first-order valence-electron chi connectivity index (χ1n) is 9.00. The highest BCUT2D eigenvalue weighted by atomic mass is 32.1. The van der Waals surface area contributed by atoms with Crippen molar-refractivity contribution in [2.75, 3.05) is 7.05 Å². The number of aromatic nitrogens is 2. The van der Waals surface area contributed by atoms with Crippen molar-refractivity contribution < 1.29 is 4.39 Å². The van der Waals surface area contributed by atoms with E-state index in [4.69, 9.17) is 0 Å². The molecule has 0 spiro atoms. The highest BCUT2D eigenvalue weighted by Crippen LogP contribution is 2.24. The summed E-state index contributed by atoms with van der Waals surface area (Å²) in [4.78, 5) is 20.2. The Morgan fingerprint density at radius 2 is 1.79 bits per heavy atom. The number of benzene rings is 2. The predicted molar refractivity (Wildman–Crippen MR) is 111 cm³/mol. The fraction of sp³-hybridized carbons (Fsp3) is 0.182. The van der Waals surface area contributed by atoms with Gasteiger partial charge in [-0.2, -0.15) is 0 Å². The van der Waals surface area contributed by atoms with Gasteiger partial charge in [0.1, 0.15) is 5.82 Å². The van der Waals surface area contributed by atoms with Crippen molar-refractivity contribution in [3.8, 4) is 11.3 Å². The van der Waals surface area contributed by atoms with E-state index >= 15 is 0 Å². The van der Waals surface area contributed by atoms with Crippen molar-refractivity contribution in [2.45, 2.75) is 20.0 Å². The molecule has 0 aliphatic heterocycles. The fourth-order valence-electron chi connectivity index (χ4n) is 3.20. The Morgan fingerprint density at radius 3 is 2.50 bits per heavy atom. The fourth-order valence-corrected chi connectivity index (χ4v) is 4.13. The average molecular weight is 393 g/mol. The summed E-state index contributed by atoms with van der Waals surface area (Å²) < 4.78 is 14.8. The second kappa shape index (κ2) is 7.66. The van der Waals surface area contributed by atoms with Crippen LogP contribution in [0.5, 0.6) is 0 Å². The number of hydrogen-bond donors (Lipinski definition) is 0. The van der Waals surface area contributed by atoms with Gasteiger partial charge in [-0.15, -0.1) is 11.3 Å². The number of hydrogen-bond acceptors (Lipinski definition) is 4. The summed E-state index contributed by atoms with van der Waals surface area (Å²) in [5.74, 6) is -0.298. The molecule has 6 heteroatoms. The van der Waals surface area contributed by atoms with Crippen LogP contribution in [-0.4, -0.2) is 21.3 Å². The van der Waals surface area contributed by atoms with Crippen LogP contribution in [0.25, 0.3) is 16.2 Å². The Morgan fingerprint density at radius 1 is 1.07 bits per heavy atom. The van der Waals surface area contributed by atoms with Crippen LogP contribution in [0.4, 0.5) is 4.39 Å². The Balaban J connectivity index is 1.58. The first-order chi connectivity index (χ1) is 13.5. The normalized spacial score (nSPS) is 11.4. The van der Waals surface area contributed by atoms with E-state index in [1.807, 2.05) is 12.4 Å². The molecule has 4 aromatic rings. The molecule has 0 saturated carbocycles. The van der Waals surface area contributed by atoms with Crippen molar-refractivity contribution in [3.63, 3.8) is 0 Å². The van der Waals surface area contributed by atoms with Crippen LogP contribution in [0.15, 0.2) is 64.8 Å². The van der Waals surface area contributed by atoms with E-state index in [0.717, 1.165) is 23.5 Å². The quantitative estimate of drug-likeness (QED) is 0.501. The molecule has 0 N–H and O–H groups in total. The van der Waals surface area contributed by atoms with E-state index in [0.29, 0.717) is 11.5 Å². The van der Waals surface area contributed by atoms with Crippen LogP contribution in [0.2, 0.25) is 0 Å². The summed E-state index contributed by atoms with van der Waals surface area (Å²) in [6, 6.07) is 16.1. The van der Waals surface area contributed by atoms with E-state index in [2.05, 4.69) is 41.1 Å². The molecule has 0 aliphatic carbocycles. The van der Waals surface area contributed by atoms with E-state index in [1.165, 1.54) is 34.6 Å². The van der Waals surface area contributed by atoms with Crippen LogP contribution in [-0.2, 0) is 13.1 Å². The third-order valence-corrected chi connectivity index (χ3v) is 5.43. The molecule has 0 radical (unpaired) electrons. The lowest BCUT2D eigenvalue weighted by Crippen LogP contribution is -2.21. The van der Waals surface area contributed by atoms with Gasteiger partial charge in [-0.05, 0) is 49.4 Å². The van der Waals surface area contributed by atoms with Crippen molar-refractivity contribution in [3.05, 3.63) is 93.0 Å². The number of halogens is 1. The standard InChI is InChI=1S/C22H20FN3OS/c1-15-3-5-16(6-4-15)12-25(2)13-19-11-21(27)26-20(14-28-22(26)24-19)17-7-9-18(23)10-8-17/h3-11,14H,12-13H2,1-2H3. The van der Waals surface area contributed by atoms with E-state index in [-0.39, 0.29) is 11.4 Å². The van der Waals surface area contributed by atoms with E-state index in [1.54, 1.807) is 22.6 Å². The van der Waals surface area contributed by atoms with Crippen molar-refractivity contribution in [2.24, 2.45) is 0 Å². The maximum atomic E-state index is 13.2. The molecule has 0 fully saturated rings. The Hall–Kier alpha value is -2.83. The highest BCUT2D eigenvalue weighted by Gasteiger charge is 2.12. The molecule has 0 bridgehead atoms. The third kappa shape index (κ3) is 3.88. The van der Waals surface area contributed by atoms with Gasteiger partial charge in [-0.25, -0.2) is 9.37 Å². The largest absolute Gasteiger partial charge is 0.296 e. The van der Waals surface area contributed by atoms with Gasteiger partial charge < -0.3 is 0 Å². The minimum absolute atomic E-state index is 0.121. The summed E-state index contributed by atoms with van der Waals surface area (Å²) in [6.45, 7) is 3.44. The maximum Gasteiger partial charge on any atom is 0.259 e. The molecule has 0 aliphatic rings. The zero-order chi connectivity index (χ0) is 19.7. The van der Waals surface area contributed by atoms with E-state index in [9.17, 15) is 9.18 Å². The van der Waals surface area contributed by atoms with Gasteiger partial charge in [-0.3, -0.25) is 14.1 Å². The molecule has 28 heavy (non-hydrogen) atoms. The summed E-state index contributed by atoms with van der Waals surface area (Å²) in [6.07, 6.45) is 0. The van der Waals surface area contributed by atoms with Crippen molar-refractivity contribution in [1.82, 2.24) is 14.3 Å². The van der Waals surface area contributed by atoms with E-state index < -0.39 is 0 Å². The first kappa shape index (κ1) is 18.5. The summed E-state index contributed by atoms with van der Waals surface area (Å²) in [7, 11) is 2.02. The number of nitrogens with zero attached hydrogens (tertiary/aromatic N) is 3. The minimum atomic E-state index is -0.298. The van der Waals surface area contributed by atoms with Gasteiger partial charge in [0.25, 0.3) is 5.56 Å². The lowest BCUT2D eigenvalue weighted by molar-refractivity contribution is 0.315. The highest BCUT2D eigenvalue weighted by molar-refractivity contribution is 7.15. The number of fused-ring (bicyclic) bond motifs is 1. The molecule has 0 atom stereocenters. The van der Waals surface area contributed by atoms with Gasteiger partial charge in [0.05, 0.1) is 11.4 Å². The summed E-state index contributed by atoms with van der Waals surface area (Å²) in [5.41, 5.74) is 4.61. The van der Waals surface area contributed by atoms with Crippen LogP contribution in [0.3, 0.4) is 0 Å². The molecule has 2 aromatic heterocycles. The smallest absolute Gasteiger partial charge is 0.259 e. The zero-order valence-corrected chi connectivity index (χ0v) is 16.5. The van der Waals surface area contributed by atoms with Gasteiger partial charge in [0, 0.05) is 24.5 Å². The van der Waals surface area contributed by atoms with Gasteiger partial charge in [0.15, 0.2) is 4.96 Å². The molecule has 4 nitrogen and oxygen atoms in total. The Kier molecular flexibility index (Phi) is 5.07. The Labute approximate surface area is 166 Å². The topological polar surface area (TPSA) is 37.6 Å². The Bertz CT molecular complexity index is 1160. The molecule has 142 valence electrons. The number of aryl methyl sites for hydroxylation is 1. The molecule has 2 aromatic carbocycles. The number of rotatable bonds is 5. The second-order valence-corrected chi connectivity index (χ2v) is 7.83. The lowest BCUT2D eigenvalue weighted by Gasteiger charge is -2.16. The van der Waals surface area contributed by atoms with Crippen molar-refractivity contribution >= 4 is 16.3 Å². The predicted octanol–water partition coefficient (Wildman–Crippen LogP) is 4.50. The van der Waals surface area contributed by atoms with Crippen molar-refractivity contribution in [1.29, 1.82) is 0 Å². The zero-order valence-electron chi connectivity index (χ0n) is 15.7. The molecular weight excluding hydrogens is 373 g/mol. The lowest BCUT2D eigenvalue weighted by atomic mass is 10.1. The summed E-state index contributed by atoms with van der Waals surface area (Å²) in [5, 5.41) is 1.89. The van der Waals surface area contributed by atoms with Crippen LogP contribution >= 0.6 is 11.3 Å². The van der Waals surface area contributed by atoms with Gasteiger partial charge in [0.2, 0.25) is 0 Å². The van der Waals surface area contributed by atoms with Crippen LogP contribution in [0, 0.1) is 12.7 Å². The second-order valence-electron chi connectivity index (χ2n) is 6.99. The molecule has 4 rings (SSSR count). The minimum Gasteiger partial charge on any atom is -0.296 e. The molecule has 0 amide bonds. The van der Waals surface area contributed by atoms with Gasteiger partial charge in [-0.1, -0.05) is 29.8 Å². The third-order valence-electron chi connectivity index (χ3n) is 4.60. The summed E-state index contributed by atoms with van der Waals surface area (Å²) >= 11 is 1.41. The molecular formula is C22H20FN3OS.